The molecule has 0 aliphatic rings. The molecule has 0 unspecified atom stereocenters. The van der Waals surface area contributed by atoms with Crippen molar-refractivity contribution in [3.63, 3.8) is 0 Å². The average Bonchev–Trinajstić information content (AvgIpc) is 3.28. The largest absolute Gasteiger partial charge is 0.455 e. The predicted octanol–water partition coefficient (Wildman–Crippen LogP) is 4.60. The lowest BCUT2D eigenvalue weighted by Crippen LogP contribution is -2.08. The van der Waals surface area contributed by atoms with Crippen LogP contribution in [-0.2, 0) is 22.6 Å². The van der Waals surface area contributed by atoms with Gasteiger partial charge in [0.25, 0.3) is 11.6 Å². The molecule has 0 aliphatic carbocycles. The van der Waals surface area contributed by atoms with E-state index in [9.17, 15) is 14.9 Å². The van der Waals surface area contributed by atoms with E-state index in [2.05, 4.69) is 10.2 Å². The lowest BCUT2D eigenvalue weighted by Gasteiger charge is -2.05. The van der Waals surface area contributed by atoms with E-state index in [-0.39, 0.29) is 30.5 Å². The second-order valence-electron chi connectivity index (χ2n) is 6.71. The van der Waals surface area contributed by atoms with Crippen molar-refractivity contribution < 1.29 is 18.9 Å². The van der Waals surface area contributed by atoms with Crippen molar-refractivity contribution in [1.29, 1.82) is 0 Å². The van der Waals surface area contributed by atoms with Gasteiger partial charge >= 0.3 is 5.97 Å². The van der Waals surface area contributed by atoms with E-state index >= 15 is 0 Å². The summed E-state index contributed by atoms with van der Waals surface area (Å²) in [5.74, 6) is -0.0823. The topological polar surface area (TPSA) is 108 Å². The molecule has 0 aliphatic heterocycles. The van der Waals surface area contributed by atoms with E-state index in [4.69, 9.17) is 9.15 Å². The molecular weight excluding hydrogens is 398 g/mol. The maximum Gasteiger partial charge on any atom is 0.310 e. The number of nitrogens with zero attached hydrogens (tertiary/aromatic N) is 3. The molecule has 1 aromatic heterocycles. The summed E-state index contributed by atoms with van der Waals surface area (Å²) in [5.41, 5.74) is 3.52. The van der Waals surface area contributed by atoms with Crippen molar-refractivity contribution in [3.05, 3.63) is 100 Å². The first kappa shape index (κ1) is 20.0. The number of aromatic nitrogens is 2. The smallest absolute Gasteiger partial charge is 0.310 e. The number of carbonyl (C=O) groups is 1. The van der Waals surface area contributed by atoms with Crippen LogP contribution in [0.5, 0.6) is 0 Å². The summed E-state index contributed by atoms with van der Waals surface area (Å²) < 4.78 is 10.7. The van der Waals surface area contributed by atoms with Crippen LogP contribution in [0.3, 0.4) is 0 Å². The number of nitro benzene ring substituents is 1. The SMILES string of the molecule is O=C(Cc1ccc(-c2ccccc2)cc1)OCc1nnc(-c2ccc([N+](=O)[O-])cc2)o1. The van der Waals surface area contributed by atoms with E-state index in [1.165, 1.54) is 24.3 Å². The molecule has 0 saturated carbocycles. The highest BCUT2D eigenvalue weighted by molar-refractivity contribution is 5.73. The van der Waals surface area contributed by atoms with Crippen LogP contribution in [0.25, 0.3) is 22.6 Å². The standard InChI is InChI=1S/C23H17N3O5/c27-22(14-16-6-8-18(9-7-16)17-4-2-1-3-5-17)30-15-21-24-25-23(31-21)19-10-12-20(13-11-19)26(28)29/h1-13H,14-15H2. The molecule has 0 saturated heterocycles. The number of rotatable bonds is 7. The Balaban J connectivity index is 1.31. The Kier molecular flexibility index (Phi) is 5.79. The number of non-ortho nitro benzene ring substituents is 1. The first-order valence-electron chi connectivity index (χ1n) is 9.46. The van der Waals surface area contributed by atoms with E-state index in [0.29, 0.717) is 5.56 Å². The van der Waals surface area contributed by atoms with E-state index in [1.54, 1.807) is 0 Å². The quantitative estimate of drug-likeness (QED) is 0.247. The van der Waals surface area contributed by atoms with Crippen molar-refractivity contribution in [3.8, 4) is 22.6 Å². The molecule has 0 bridgehead atoms. The highest BCUT2D eigenvalue weighted by atomic mass is 16.6. The molecule has 4 rings (SSSR count). The van der Waals surface area contributed by atoms with Gasteiger partial charge in [0.1, 0.15) is 0 Å². The first-order chi connectivity index (χ1) is 15.1. The zero-order valence-electron chi connectivity index (χ0n) is 16.3. The third kappa shape index (κ3) is 4.99. The van der Waals surface area contributed by atoms with Crippen molar-refractivity contribution >= 4 is 11.7 Å². The number of ether oxygens (including phenoxy) is 1. The molecule has 0 atom stereocenters. The zero-order chi connectivity index (χ0) is 21.6. The van der Waals surface area contributed by atoms with Gasteiger partial charge in [-0.3, -0.25) is 14.9 Å². The molecule has 0 amide bonds. The molecule has 0 radical (unpaired) electrons. The van der Waals surface area contributed by atoms with Crippen LogP contribution in [-0.4, -0.2) is 21.1 Å². The van der Waals surface area contributed by atoms with Crippen LogP contribution in [0.15, 0.2) is 83.3 Å². The monoisotopic (exact) mass is 415 g/mol. The van der Waals surface area contributed by atoms with Gasteiger partial charge in [-0.2, -0.15) is 0 Å². The van der Waals surface area contributed by atoms with Crippen LogP contribution in [0.1, 0.15) is 11.5 Å². The molecule has 8 heteroatoms. The first-order valence-corrected chi connectivity index (χ1v) is 9.46. The summed E-state index contributed by atoms with van der Waals surface area (Å²) in [6.07, 6.45) is 0.123. The second-order valence-corrected chi connectivity index (χ2v) is 6.71. The molecule has 3 aromatic carbocycles. The van der Waals surface area contributed by atoms with E-state index in [1.807, 2.05) is 54.6 Å². The molecule has 0 N–H and O–H groups in total. The number of carbonyl (C=O) groups excluding carboxylic acids is 1. The summed E-state index contributed by atoms with van der Waals surface area (Å²) in [6, 6.07) is 23.4. The minimum atomic E-state index is -0.488. The van der Waals surface area contributed by atoms with Gasteiger partial charge in [-0.25, -0.2) is 0 Å². The van der Waals surface area contributed by atoms with Gasteiger partial charge in [0.2, 0.25) is 5.89 Å². The molecule has 0 fully saturated rings. The van der Waals surface area contributed by atoms with Crippen molar-refractivity contribution in [2.75, 3.05) is 0 Å². The van der Waals surface area contributed by atoms with Gasteiger partial charge in [0.05, 0.1) is 11.3 Å². The van der Waals surface area contributed by atoms with Crippen LogP contribution >= 0.6 is 0 Å². The Bertz CT molecular complexity index is 1190. The van der Waals surface area contributed by atoms with Crippen molar-refractivity contribution in [1.82, 2.24) is 10.2 Å². The van der Waals surface area contributed by atoms with E-state index < -0.39 is 10.9 Å². The maximum absolute atomic E-state index is 12.1. The van der Waals surface area contributed by atoms with Crippen LogP contribution in [0.2, 0.25) is 0 Å². The minimum absolute atomic E-state index is 0.0331. The summed E-state index contributed by atoms with van der Waals surface area (Å²) in [4.78, 5) is 22.4. The molecular formula is C23H17N3O5. The number of benzene rings is 3. The van der Waals surface area contributed by atoms with Gasteiger partial charge in [0.15, 0.2) is 6.61 Å². The predicted molar refractivity (Wildman–Crippen MR) is 112 cm³/mol. The van der Waals surface area contributed by atoms with Crippen molar-refractivity contribution in [2.24, 2.45) is 0 Å². The summed E-state index contributed by atoms with van der Waals surface area (Å²) in [7, 11) is 0. The van der Waals surface area contributed by atoms with Crippen LogP contribution in [0.4, 0.5) is 5.69 Å². The molecule has 4 aromatic rings. The fraction of sp³-hybridized carbons (Fsp3) is 0.0870. The van der Waals surface area contributed by atoms with Crippen LogP contribution in [0, 0.1) is 10.1 Å². The fourth-order valence-electron chi connectivity index (χ4n) is 2.96. The Morgan fingerprint density at radius 2 is 1.52 bits per heavy atom. The molecule has 0 spiro atoms. The Labute approximate surface area is 177 Å². The number of esters is 1. The summed E-state index contributed by atoms with van der Waals surface area (Å²) in [6.45, 7) is -0.152. The number of nitro groups is 1. The highest BCUT2D eigenvalue weighted by Gasteiger charge is 2.13. The van der Waals surface area contributed by atoms with Gasteiger partial charge in [0, 0.05) is 17.7 Å². The van der Waals surface area contributed by atoms with E-state index in [0.717, 1.165) is 16.7 Å². The molecule has 154 valence electrons. The fourth-order valence-corrected chi connectivity index (χ4v) is 2.96. The number of hydrogen-bond donors (Lipinski definition) is 0. The lowest BCUT2D eigenvalue weighted by atomic mass is 10.0. The van der Waals surface area contributed by atoms with Crippen LogP contribution < -0.4 is 0 Å². The summed E-state index contributed by atoms with van der Waals surface area (Å²) >= 11 is 0. The highest BCUT2D eigenvalue weighted by Crippen LogP contribution is 2.22. The third-order valence-electron chi connectivity index (χ3n) is 4.56. The van der Waals surface area contributed by atoms with Gasteiger partial charge in [-0.05, 0) is 28.8 Å². The van der Waals surface area contributed by atoms with Gasteiger partial charge in [-0.1, -0.05) is 54.6 Å². The zero-order valence-corrected chi connectivity index (χ0v) is 16.3. The maximum atomic E-state index is 12.1. The lowest BCUT2D eigenvalue weighted by molar-refractivity contribution is -0.384. The normalized spacial score (nSPS) is 10.6. The average molecular weight is 415 g/mol. The molecule has 31 heavy (non-hydrogen) atoms. The second kappa shape index (κ2) is 9.00. The summed E-state index contributed by atoms with van der Waals surface area (Å²) in [5, 5.41) is 18.5. The Hall–Kier alpha value is -4.33. The third-order valence-corrected chi connectivity index (χ3v) is 4.56. The van der Waals surface area contributed by atoms with Gasteiger partial charge in [-0.15, -0.1) is 10.2 Å². The molecule has 8 nitrogen and oxygen atoms in total. The Morgan fingerprint density at radius 1 is 0.871 bits per heavy atom. The van der Waals surface area contributed by atoms with Gasteiger partial charge < -0.3 is 9.15 Å². The minimum Gasteiger partial charge on any atom is -0.455 e. The molecule has 1 heterocycles. The number of hydrogen-bond acceptors (Lipinski definition) is 7. The Morgan fingerprint density at radius 3 is 2.19 bits per heavy atom. The van der Waals surface area contributed by atoms with Crippen molar-refractivity contribution in [2.45, 2.75) is 13.0 Å².